The Bertz CT molecular complexity index is 1670. The molecule has 1 amide bonds. The van der Waals surface area contributed by atoms with Crippen molar-refractivity contribution in [3.63, 3.8) is 0 Å². The number of carbonyl (C=O) groups is 2. The fourth-order valence-corrected chi connectivity index (χ4v) is 5.69. The van der Waals surface area contributed by atoms with E-state index < -0.39 is 17.9 Å². The molecule has 10 heteroatoms. The second kappa shape index (κ2) is 10.2. The van der Waals surface area contributed by atoms with Crippen molar-refractivity contribution < 1.29 is 14.3 Å². The summed E-state index contributed by atoms with van der Waals surface area (Å²) < 4.78 is 7.35. The molecule has 3 aromatic rings. The molecule has 0 N–H and O–H groups in total. The van der Waals surface area contributed by atoms with Gasteiger partial charge in [-0.3, -0.25) is 14.2 Å². The predicted octanol–water partition coefficient (Wildman–Crippen LogP) is 3.83. The molecule has 2 atom stereocenters. The summed E-state index contributed by atoms with van der Waals surface area (Å²) in [5.41, 5.74) is 2.32. The van der Waals surface area contributed by atoms with Crippen LogP contribution in [0.5, 0.6) is 0 Å². The van der Waals surface area contributed by atoms with Crippen molar-refractivity contribution in [1.29, 1.82) is 0 Å². The van der Waals surface area contributed by atoms with E-state index in [9.17, 15) is 14.4 Å². The van der Waals surface area contributed by atoms with Crippen molar-refractivity contribution in [3.05, 3.63) is 96.1 Å². The lowest BCUT2D eigenvalue weighted by atomic mass is 9.96. The Morgan fingerprint density at radius 3 is 2.42 bits per heavy atom. The van der Waals surface area contributed by atoms with Crippen molar-refractivity contribution in [2.45, 2.75) is 39.8 Å². The molecular formula is C28H25ClN4O4S. The summed E-state index contributed by atoms with van der Waals surface area (Å²) in [6, 6.07) is 15.4. The van der Waals surface area contributed by atoms with Crippen LogP contribution in [0.3, 0.4) is 0 Å². The van der Waals surface area contributed by atoms with Gasteiger partial charge in [-0.2, -0.15) is 10.1 Å². The predicted molar refractivity (Wildman–Crippen MR) is 148 cm³/mol. The molecule has 0 fully saturated rings. The molecule has 38 heavy (non-hydrogen) atoms. The van der Waals surface area contributed by atoms with E-state index in [0.29, 0.717) is 37.0 Å². The highest BCUT2D eigenvalue weighted by molar-refractivity contribution is 7.07. The summed E-state index contributed by atoms with van der Waals surface area (Å²) in [5, 5.41) is 6.32. The number of esters is 1. The number of nitrogens with zero attached hydrogens (tertiary/aromatic N) is 4. The van der Waals surface area contributed by atoms with Gasteiger partial charge in [0, 0.05) is 5.02 Å². The lowest BCUT2D eigenvalue weighted by molar-refractivity contribution is -0.143. The Hall–Kier alpha value is -3.82. The molecule has 0 saturated carbocycles. The molecule has 2 aliphatic heterocycles. The third kappa shape index (κ3) is 4.63. The summed E-state index contributed by atoms with van der Waals surface area (Å²) >= 11 is 7.29. The first kappa shape index (κ1) is 25.8. The Labute approximate surface area is 227 Å². The third-order valence-corrected chi connectivity index (χ3v) is 7.52. The van der Waals surface area contributed by atoms with Gasteiger partial charge in [0.15, 0.2) is 4.80 Å². The zero-order chi connectivity index (χ0) is 27.1. The quantitative estimate of drug-likeness (QED) is 0.453. The van der Waals surface area contributed by atoms with Crippen LogP contribution in [-0.2, 0) is 14.3 Å². The van der Waals surface area contributed by atoms with E-state index in [-0.39, 0.29) is 23.1 Å². The zero-order valence-electron chi connectivity index (χ0n) is 21.2. The van der Waals surface area contributed by atoms with Crippen LogP contribution in [-0.4, -0.2) is 28.3 Å². The molecule has 0 saturated heterocycles. The molecule has 2 aromatic carbocycles. The zero-order valence-corrected chi connectivity index (χ0v) is 22.8. The molecule has 0 radical (unpaired) electrons. The molecule has 0 unspecified atom stereocenters. The van der Waals surface area contributed by atoms with Gasteiger partial charge >= 0.3 is 5.97 Å². The molecule has 0 aliphatic carbocycles. The Morgan fingerprint density at radius 1 is 1.08 bits per heavy atom. The molecular weight excluding hydrogens is 524 g/mol. The molecule has 194 valence electrons. The number of aromatic nitrogens is 1. The number of anilines is 1. The first-order chi connectivity index (χ1) is 18.2. The topological polar surface area (TPSA) is 93.3 Å². The monoisotopic (exact) mass is 548 g/mol. The largest absolute Gasteiger partial charge is 0.459 e. The number of carbonyl (C=O) groups excluding carboxylic acids is 2. The van der Waals surface area contributed by atoms with E-state index in [4.69, 9.17) is 16.3 Å². The van der Waals surface area contributed by atoms with Gasteiger partial charge in [-0.1, -0.05) is 53.3 Å². The number of rotatable bonds is 5. The van der Waals surface area contributed by atoms with Crippen LogP contribution in [0.1, 0.15) is 39.3 Å². The third-order valence-electron chi connectivity index (χ3n) is 6.27. The van der Waals surface area contributed by atoms with Crippen LogP contribution in [0.2, 0.25) is 5.02 Å². The van der Waals surface area contributed by atoms with Gasteiger partial charge in [0.1, 0.15) is 5.92 Å². The van der Waals surface area contributed by atoms with Crippen LogP contribution in [0.4, 0.5) is 5.69 Å². The first-order valence-corrected chi connectivity index (χ1v) is 13.3. The average Bonchev–Trinajstić information content (AvgIpc) is 3.34. The number of para-hydroxylation sites is 1. The van der Waals surface area contributed by atoms with Gasteiger partial charge in [-0.05, 0) is 63.6 Å². The van der Waals surface area contributed by atoms with Crippen LogP contribution in [0, 0.1) is 5.92 Å². The second-order valence-corrected chi connectivity index (χ2v) is 10.8. The van der Waals surface area contributed by atoms with Crippen LogP contribution in [0.15, 0.2) is 80.8 Å². The molecule has 2 aliphatic rings. The fraction of sp³-hybridized carbons (Fsp3) is 0.250. The van der Waals surface area contributed by atoms with E-state index in [2.05, 4.69) is 10.1 Å². The minimum absolute atomic E-state index is 0.244. The molecule has 5 rings (SSSR count). The molecule has 8 nitrogen and oxygen atoms in total. The van der Waals surface area contributed by atoms with Crippen molar-refractivity contribution in [3.8, 4) is 0 Å². The first-order valence-electron chi connectivity index (χ1n) is 12.1. The van der Waals surface area contributed by atoms with E-state index in [1.807, 2.05) is 18.2 Å². The maximum atomic E-state index is 13.8. The summed E-state index contributed by atoms with van der Waals surface area (Å²) in [7, 11) is 0. The summed E-state index contributed by atoms with van der Waals surface area (Å²) in [6.45, 7) is 7.02. The van der Waals surface area contributed by atoms with Gasteiger partial charge in [0.05, 0.1) is 39.3 Å². The highest BCUT2D eigenvalue weighted by Crippen LogP contribution is 2.32. The van der Waals surface area contributed by atoms with Gasteiger partial charge in [0.25, 0.3) is 11.5 Å². The second-order valence-electron chi connectivity index (χ2n) is 9.31. The highest BCUT2D eigenvalue weighted by Gasteiger charge is 2.36. The number of amides is 1. The number of benzene rings is 2. The molecule has 0 bridgehead atoms. The normalized spacial score (nSPS) is 19.5. The van der Waals surface area contributed by atoms with E-state index in [1.165, 1.54) is 20.9 Å². The Balaban J connectivity index is 1.63. The summed E-state index contributed by atoms with van der Waals surface area (Å²) in [4.78, 5) is 45.3. The minimum Gasteiger partial charge on any atom is -0.459 e. The lowest BCUT2D eigenvalue weighted by Gasteiger charge is -2.25. The van der Waals surface area contributed by atoms with Crippen LogP contribution < -0.4 is 19.9 Å². The van der Waals surface area contributed by atoms with Crippen LogP contribution >= 0.6 is 22.9 Å². The highest BCUT2D eigenvalue weighted by atomic mass is 35.5. The Morgan fingerprint density at radius 2 is 1.76 bits per heavy atom. The van der Waals surface area contributed by atoms with Gasteiger partial charge in [-0.15, -0.1) is 0 Å². The average molecular weight is 549 g/mol. The number of hydrogen-bond donors (Lipinski definition) is 0. The van der Waals surface area contributed by atoms with Gasteiger partial charge < -0.3 is 4.74 Å². The van der Waals surface area contributed by atoms with Gasteiger partial charge in [-0.25, -0.2) is 9.79 Å². The van der Waals surface area contributed by atoms with Crippen molar-refractivity contribution in [2.75, 3.05) is 5.01 Å². The standard InChI is InChI=1S/C28H25ClN4O4S/c1-15(2)37-27(36)23-17(4)30-28-32(24(23)18-10-12-19(29)13-11-18)26(35)22(38-28)14-21-16(3)31-33(25(21)34)20-8-6-5-7-9-20/h5-15,21,24H,1-4H3/b22-14+/t21-,24+/m1/s1. The number of hydrazone groups is 1. The van der Waals surface area contributed by atoms with E-state index in [0.717, 1.165) is 0 Å². The summed E-state index contributed by atoms with van der Waals surface area (Å²) in [6.07, 6.45) is 1.29. The van der Waals surface area contributed by atoms with Gasteiger partial charge in [0.2, 0.25) is 0 Å². The maximum absolute atomic E-state index is 13.8. The van der Waals surface area contributed by atoms with E-state index in [1.54, 1.807) is 70.2 Å². The SMILES string of the molecule is CC1=NN(c2ccccc2)C(=O)[C@@H]1/C=c1/sc2n(c1=O)[C@@H](c1ccc(Cl)cc1)C(C(=O)OC(C)C)=C(C)N=2. The number of halogens is 1. The van der Waals surface area contributed by atoms with E-state index >= 15 is 0 Å². The molecule has 1 aromatic heterocycles. The number of hydrogen-bond acceptors (Lipinski definition) is 7. The van der Waals surface area contributed by atoms with Crippen molar-refractivity contribution in [2.24, 2.45) is 16.0 Å². The van der Waals surface area contributed by atoms with Crippen molar-refractivity contribution >= 4 is 52.3 Å². The molecule has 0 spiro atoms. The number of ether oxygens (including phenoxy) is 1. The number of fused-ring (bicyclic) bond motifs is 1. The van der Waals surface area contributed by atoms with Crippen molar-refractivity contribution in [1.82, 2.24) is 4.57 Å². The molecule has 3 heterocycles. The smallest absolute Gasteiger partial charge is 0.338 e. The fourth-order valence-electron chi connectivity index (χ4n) is 4.51. The number of allylic oxidation sites excluding steroid dienone is 1. The minimum atomic E-state index is -0.758. The van der Waals surface area contributed by atoms with Crippen LogP contribution in [0.25, 0.3) is 6.08 Å². The Kier molecular flexibility index (Phi) is 6.90. The summed E-state index contributed by atoms with van der Waals surface area (Å²) in [5.74, 6) is -1.48. The maximum Gasteiger partial charge on any atom is 0.338 e. The lowest BCUT2D eigenvalue weighted by Crippen LogP contribution is -2.40. The number of thiazole rings is 1.